The molecule has 0 bridgehead atoms. The highest BCUT2D eigenvalue weighted by Gasteiger charge is 2.50. The van der Waals surface area contributed by atoms with Crippen molar-refractivity contribution in [2.75, 3.05) is 13.7 Å². The normalized spacial score (nSPS) is 28.9. The van der Waals surface area contributed by atoms with Gasteiger partial charge < -0.3 is 14.9 Å². The summed E-state index contributed by atoms with van der Waals surface area (Å²) in [4.78, 5) is 22.7. The first-order valence-corrected chi connectivity index (χ1v) is 6.00. The van der Waals surface area contributed by atoms with Gasteiger partial charge in [0.05, 0.1) is 11.3 Å². The quantitative estimate of drug-likeness (QED) is 0.695. The minimum atomic E-state index is -1.09. The van der Waals surface area contributed by atoms with Gasteiger partial charge in [0.2, 0.25) is 0 Å². The second-order valence-electron chi connectivity index (χ2n) is 4.69. The first-order chi connectivity index (χ1) is 8.04. The van der Waals surface area contributed by atoms with Crippen LogP contribution in [0.5, 0.6) is 0 Å². The summed E-state index contributed by atoms with van der Waals surface area (Å²) in [5.74, 6) is -2.71. The Bertz CT molecular complexity index is 289. The third-order valence-electron chi connectivity index (χ3n) is 3.73. The molecular weight excluding hydrogens is 224 g/mol. The molecule has 1 fully saturated rings. The van der Waals surface area contributed by atoms with Crippen LogP contribution in [0.2, 0.25) is 0 Å². The first kappa shape index (κ1) is 14.0. The number of carboxylic acid groups (broad SMARTS) is 2. The number of ether oxygens (including phenoxy) is 1. The van der Waals surface area contributed by atoms with Gasteiger partial charge in [-0.2, -0.15) is 0 Å². The molecule has 0 aromatic rings. The van der Waals surface area contributed by atoms with Crippen LogP contribution >= 0.6 is 0 Å². The molecule has 0 spiro atoms. The summed E-state index contributed by atoms with van der Waals surface area (Å²) in [6, 6.07) is 0. The topological polar surface area (TPSA) is 83.8 Å². The van der Waals surface area contributed by atoms with Crippen molar-refractivity contribution in [3.05, 3.63) is 0 Å². The molecule has 2 atom stereocenters. The van der Waals surface area contributed by atoms with Gasteiger partial charge in [-0.05, 0) is 25.7 Å². The van der Waals surface area contributed by atoms with Gasteiger partial charge in [-0.1, -0.05) is 12.8 Å². The SMILES string of the molecule is COCCCC1(C(=O)O)CCCCC1C(=O)O. The summed E-state index contributed by atoms with van der Waals surface area (Å²) in [5.41, 5.74) is -1.09. The van der Waals surface area contributed by atoms with Crippen LogP contribution in [0.15, 0.2) is 0 Å². The van der Waals surface area contributed by atoms with Crippen molar-refractivity contribution in [1.29, 1.82) is 0 Å². The van der Waals surface area contributed by atoms with Crippen molar-refractivity contribution in [1.82, 2.24) is 0 Å². The maximum absolute atomic E-state index is 11.5. The van der Waals surface area contributed by atoms with E-state index < -0.39 is 23.3 Å². The third-order valence-corrected chi connectivity index (χ3v) is 3.73. The molecule has 2 unspecified atom stereocenters. The maximum atomic E-state index is 11.5. The van der Waals surface area contributed by atoms with E-state index in [1.54, 1.807) is 7.11 Å². The smallest absolute Gasteiger partial charge is 0.310 e. The van der Waals surface area contributed by atoms with Gasteiger partial charge >= 0.3 is 11.9 Å². The molecule has 0 heterocycles. The fraction of sp³-hybridized carbons (Fsp3) is 0.833. The minimum Gasteiger partial charge on any atom is -0.481 e. The number of rotatable bonds is 6. The number of methoxy groups -OCH3 is 1. The number of aliphatic carboxylic acids is 2. The van der Waals surface area contributed by atoms with E-state index >= 15 is 0 Å². The lowest BCUT2D eigenvalue weighted by atomic mass is 9.64. The second-order valence-corrected chi connectivity index (χ2v) is 4.69. The molecule has 0 amide bonds. The molecule has 0 aromatic heterocycles. The van der Waals surface area contributed by atoms with E-state index in [2.05, 4.69) is 0 Å². The first-order valence-electron chi connectivity index (χ1n) is 6.00. The number of hydrogen-bond donors (Lipinski definition) is 2. The number of carboxylic acids is 2. The lowest BCUT2D eigenvalue weighted by Crippen LogP contribution is -2.45. The molecule has 1 saturated carbocycles. The van der Waals surface area contributed by atoms with Crippen molar-refractivity contribution in [3.63, 3.8) is 0 Å². The summed E-state index contributed by atoms with van der Waals surface area (Å²) in [6.45, 7) is 0.474. The molecule has 17 heavy (non-hydrogen) atoms. The molecule has 1 aliphatic rings. The Morgan fingerprint density at radius 2 is 2.06 bits per heavy atom. The third kappa shape index (κ3) is 2.97. The van der Waals surface area contributed by atoms with Gasteiger partial charge in [-0.15, -0.1) is 0 Å². The second kappa shape index (κ2) is 6.00. The summed E-state index contributed by atoms with van der Waals surface area (Å²) in [7, 11) is 1.56. The van der Waals surface area contributed by atoms with Crippen molar-refractivity contribution in [2.45, 2.75) is 38.5 Å². The van der Waals surface area contributed by atoms with Crippen LogP contribution in [0.3, 0.4) is 0 Å². The molecule has 0 aliphatic heterocycles. The van der Waals surface area contributed by atoms with Crippen LogP contribution in [0, 0.1) is 11.3 Å². The Hall–Kier alpha value is -1.10. The molecule has 0 saturated heterocycles. The number of hydrogen-bond acceptors (Lipinski definition) is 3. The van der Waals surface area contributed by atoms with Crippen LogP contribution in [0.1, 0.15) is 38.5 Å². The Morgan fingerprint density at radius 1 is 1.35 bits per heavy atom. The van der Waals surface area contributed by atoms with E-state index in [1.807, 2.05) is 0 Å². The van der Waals surface area contributed by atoms with Crippen LogP contribution in [0.4, 0.5) is 0 Å². The van der Waals surface area contributed by atoms with Crippen LogP contribution in [-0.4, -0.2) is 35.9 Å². The highest BCUT2D eigenvalue weighted by molar-refractivity contribution is 5.83. The van der Waals surface area contributed by atoms with Gasteiger partial charge in [0.25, 0.3) is 0 Å². The summed E-state index contributed by atoms with van der Waals surface area (Å²) in [5, 5.41) is 18.6. The number of carbonyl (C=O) groups is 2. The lowest BCUT2D eigenvalue weighted by Gasteiger charge is -2.38. The zero-order valence-corrected chi connectivity index (χ0v) is 10.1. The monoisotopic (exact) mass is 244 g/mol. The van der Waals surface area contributed by atoms with Crippen molar-refractivity contribution in [2.24, 2.45) is 11.3 Å². The van der Waals surface area contributed by atoms with Gasteiger partial charge in [0, 0.05) is 13.7 Å². The summed E-state index contributed by atoms with van der Waals surface area (Å²) < 4.78 is 4.91. The largest absolute Gasteiger partial charge is 0.481 e. The van der Waals surface area contributed by atoms with Crippen molar-refractivity contribution < 1.29 is 24.5 Å². The molecule has 0 radical (unpaired) electrons. The van der Waals surface area contributed by atoms with E-state index in [0.29, 0.717) is 32.3 Å². The van der Waals surface area contributed by atoms with Crippen molar-refractivity contribution >= 4 is 11.9 Å². The van der Waals surface area contributed by atoms with E-state index in [4.69, 9.17) is 4.74 Å². The predicted molar refractivity (Wildman–Crippen MR) is 60.8 cm³/mol. The Kier molecular flexibility index (Phi) is 4.93. The summed E-state index contributed by atoms with van der Waals surface area (Å²) >= 11 is 0. The van der Waals surface area contributed by atoms with E-state index in [9.17, 15) is 19.8 Å². The lowest BCUT2D eigenvalue weighted by molar-refractivity contribution is -0.167. The van der Waals surface area contributed by atoms with Gasteiger partial charge in [0.1, 0.15) is 0 Å². The molecule has 1 aliphatic carbocycles. The molecule has 5 heteroatoms. The molecule has 1 rings (SSSR count). The van der Waals surface area contributed by atoms with Crippen LogP contribution in [0.25, 0.3) is 0 Å². The minimum absolute atomic E-state index is 0.382. The molecule has 2 N–H and O–H groups in total. The van der Waals surface area contributed by atoms with Crippen LogP contribution in [-0.2, 0) is 14.3 Å². The van der Waals surface area contributed by atoms with Gasteiger partial charge in [-0.3, -0.25) is 9.59 Å². The van der Waals surface area contributed by atoms with Gasteiger partial charge in [-0.25, -0.2) is 0 Å². The maximum Gasteiger partial charge on any atom is 0.310 e. The fourth-order valence-electron chi connectivity index (χ4n) is 2.79. The Labute approximate surface area is 101 Å². The highest BCUT2D eigenvalue weighted by atomic mass is 16.5. The zero-order chi connectivity index (χ0) is 12.9. The Morgan fingerprint density at radius 3 is 2.59 bits per heavy atom. The van der Waals surface area contributed by atoms with E-state index in [-0.39, 0.29) is 0 Å². The molecule has 0 aromatic carbocycles. The van der Waals surface area contributed by atoms with E-state index in [0.717, 1.165) is 12.8 Å². The predicted octanol–water partition coefficient (Wildman–Crippen LogP) is 1.76. The van der Waals surface area contributed by atoms with Crippen LogP contribution < -0.4 is 0 Å². The molecular formula is C12H20O5. The van der Waals surface area contributed by atoms with Crippen molar-refractivity contribution in [3.8, 4) is 0 Å². The highest BCUT2D eigenvalue weighted by Crippen LogP contribution is 2.45. The fourth-order valence-corrected chi connectivity index (χ4v) is 2.79. The Balaban J connectivity index is 2.85. The standard InChI is InChI=1S/C12H20O5/c1-17-8-4-7-12(11(15)16)6-3-2-5-9(12)10(13)14/h9H,2-8H2,1H3,(H,13,14)(H,15,16). The van der Waals surface area contributed by atoms with E-state index in [1.165, 1.54) is 0 Å². The average Bonchev–Trinajstić information content (AvgIpc) is 2.29. The zero-order valence-electron chi connectivity index (χ0n) is 10.1. The molecule has 5 nitrogen and oxygen atoms in total. The van der Waals surface area contributed by atoms with Gasteiger partial charge in [0.15, 0.2) is 0 Å². The molecule has 98 valence electrons. The average molecular weight is 244 g/mol. The summed E-state index contributed by atoms with van der Waals surface area (Å²) in [6.07, 6.45) is 3.50.